The van der Waals surface area contributed by atoms with E-state index in [4.69, 9.17) is 0 Å². The maximum absolute atomic E-state index is 4.52. The molecule has 2 aliphatic heterocycles. The SMILES string of the molecule is CN=C(NCC(C)N1CCC(C)CC1)N1CCN(c2ccccn2)CC1. The summed E-state index contributed by atoms with van der Waals surface area (Å²) in [6.45, 7) is 12.0. The fourth-order valence-corrected chi connectivity index (χ4v) is 3.86. The Balaban J connectivity index is 1.45. The van der Waals surface area contributed by atoms with Gasteiger partial charge in [0.1, 0.15) is 5.82 Å². The monoisotopic (exact) mass is 358 g/mol. The van der Waals surface area contributed by atoms with E-state index in [0.29, 0.717) is 6.04 Å². The first kappa shape index (κ1) is 19.0. The highest BCUT2D eigenvalue weighted by Gasteiger charge is 2.23. The first-order valence-electron chi connectivity index (χ1n) is 10.0. The molecule has 0 amide bonds. The van der Waals surface area contributed by atoms with Crippen LogP contribution >= 0.6 is 0 Å². The number of hydrogen-bond acceptors (Lipinski definition) is 4. The van der Waals surface area contributed by atoms with E-state index in [1.54, 1.807) is 0 Å². The van der Waals surface area contributed by atoms with Crippen LogP contribution in [0, 0.1) is 5.92 Å². The molecule has 1 atom stereocenters. The predicted molar refractivity (Wildman–Crippen MR) is 109 cm³/mol. The zero-order valence-corrected chi connectivity index (χ0v) is 16.6. The van der Waals surface area contributed by atoms with Crippen molar-refractivity contribution in [3.05, 3.63) is 24.4 Å². The smallest absolute Gasteiger partial charge is 0.193 e. The van der Waals surface area contributed by atoms with Gasteiger partial charge in [0, 0.05) is 52.0 Å². The quantitative estimate of drug-likeness (QED) is 0.658. The molecule has 144 valence electrons. The molecule has 6 nitrogen and oxygen atoms in total. The average molecular weight is 359 g/mol. The molecule has 1 unspecified atom stereocenters. The van der Waals surface area contributed by atoms with Crippen molar-refractivity contribution in [2.45, 2.75) is 32.7 Å². The van der Waals surface area contributed by atoms with Crippen LogP contribution in [0.2, 0.25) is 0 Å². The summed E-state index contributed by atoms with van der Waals surface area (Å²) in [5.41, 5.74) is 0. The second-order valence-corrected chi connectivity index (χ2v) is 7.66. The van der Waals surface area contributed by atoms with Crippen molar-refractivity contribution in [3.8, 4) is 0 Å². The second-order valence-electron chi connectivity index (χ2n) is 7.66. The average Bonchev–Trinajstić information content (AvgIpc) is 2.70. The number of pyridine rings is 1. The Bertz CT molecular complexity index is 559. The van der Waals surface area contributed by atoms with Crippen LogP contribution in [0.3, 0.4) is 0 Å². The van der Waals surface area contributed by atoms with Gasteiger partial charge in [-0.2, -0.15) is 0 Å². The van der Waals surface area contributed by atoms with Gasteiger partial charge in [-0.3, -0.25) is 9.89 Å². The Kier molecular flexibility index (Phi) is 6.72. The summed E-state index contributed by atoms with van der Waals surface area (Å²) in [6.07, 6.45) is 4.52. The summed E-state index contributed by atoms with van der Waals surface area (Å²) in [5.74, 6) is 2.99. The molecule has 0 spiro atoms. The van der Waals surface area contributed by atoms with Crippen molar-refractivity contribution in [1.29, 1.82) is 0 Å². The Morgan fingerprint density at radius 1 is 1.19 bits per heavy atom. The highest BCUT2D eigenvalue weighted by molar-refractivity contribution is 5.80. The summed E-state index contributed by atoms with van der Waals surface area (Å²) in [4.78, 5) is 16.3. The zero-order chi connectivity index (χ0) is 18.4. The molecule has 0 aliphatic carbocycles. The molecular formula is C20H34N6. The van der Waals surface area contributed by atoms with Gasteiger partial charge in [-0.05, 0) is 50.9 Å². The molecule has 2 aliphatic rings. The second kappa shape index (κ2) is 9.21. The number of piperidine rings is 1. The van der Waals surface area contributed by atoms with Gasteiger partial charge in [-0.15, -0.1) is 0 Å². The molecular weight excluding hydrogens is 324 g/mol. The number of likely N-dealkylation sites (tertiary alicyclic amines) is 1. The van der Waals surface area contributed by atoms with Crippen molar-refractivity contribution < 1.29 is 0 Å². The van der Waals surface area contributed by atoms with Gasteiger partial charge in [-0.25, -0.2) is 4.98 Å². The number of aromatic nitrogens is 1. The Hall–Kier alpha value is -1.82. The summed E-state index contributed by atoms with van der Waals surface area (Å²) in [6, 6.07) is 6.66. The summed E-state index contributed by atoms with van der Waals surface area (Å²) in [7, 11) is 1.89. The van der Waals surface area contributed by atoms with Gasteiger partial charge < -0.3 is 15.1 Å². The summed E-state index contributed by atoms with van der Waals surface area (Å²) >= 11 is 0. The topological polar surface area (TPSA) is 47.0 Å². The number of rotatable bonds is 4. The Morgan fingerprint density at radius 3 is 2.54 bits per heavy atom. The molecule has 2 fully saturated rings. The number of hydrogen-bond donors (Lipinski definition) is 1. The molecule has 3 heterocycles. The van der Waals surface area contributed by atoms with E-state index in [9.17, 15) is 0 Å². The fourth-order valence-electron chi connectivity index (χ4n) is 3.86. The van der Waals surface area contributed by atoms with Crippen LogP contribution in [0.4, 0.5) is 5.82 Å². The molecule has 6 heteroatoms. The number of guanidine groups is 1. The van der Waals surface area contributed by atoms with E-state index in [-0.39, 0.29) is 0 Å². The van der Waals surface area contributed by atoms with Crippen LogP contribution in [0.15, 0.2) is 29.4 Å². The third kappa shape index (κ3) is 4.87. The van der Waals surface area contributed by atoms with Gasteiger partial charge in [-0.1, -0.05) is 13.0 Å². The zero-order valence-electron chi connectivity index (χ0n) is 16.6. The lowest BCUT2D eigenvalue weighted by Gasteiger charge is -2.38. The van der Waals surface area contributed by atoms with Gasteiger partial charge in [0.2, 0.25) is 0 Å². The maximum Gasteiger partial charge on any atom is 0.193 e. The number of aliphatic imine (C=N–C) groups is 1. The summed E-state index contributed by atoms with van der Waals surface area (Å²) < 4.78 is 0. The van der Waals surface area contributed by atoms with Crippen molar-refractivity contribution in [2.75, 3.05) is 57.8 Å². The lowest BCUT2D eigenvalue weighted by atomic mass is 9.98. The number of anilines is 1. The standard InChI is InChI=1S/C20H34N6/c1-17-7-10-24(11-8-17)18(2)16-23-20(21-3)26-14-12-25(13-15-26)19-6-4-5-9-22-19/h4-6,9,17-18H,7-8,10-16H2,1-3H3,(H,21,23). The van der Waals surface area contributed by atoms with E-state index in [2.05, 4.69) is 56.0 Å². The molecule has 1 aromatic rings. The normalized spacial score (nSPS) is 21.7. The van der Waals surface area contributed by atoms with Gasteiger partial charge in [0.25, 0.3) is 0 Å². The van der Waals surface area contributed by atoms with E-state index < -0.39 is 0 Å². The minimum Gasteiger partial charge on any atom is -0.355 e. The van der Waals surface area contributed by atoms with Crippen LogP contribution in [-0.2, 0) is 0 Å². The maximum atomic E-state index is 4.52. The van der Waals surface area contributed by atoms with E-state index >= 15 is 0 Å². The van der Waals surface area contributed by atoms with E-state index in [1.165, 1.54) is 25.9 Å². The molecule has 2 saturated heterocycles. The Morgan fingerprint density at radius 2 is 1.92 bits per heavy atom. The Labute approximate surface area is 158 Å². The van der Waals surface area contributed by atoms with Crippen LogP contribution < -0.4 is 10.2 Å². The molecule has 0 radical (unpaired) electrons. The van der Waals surface area contributed by atoms with Gasteiger partial charge >= 0.3 is 0 Å². The van der Waals surface area contributed by atoms with Crippen molar-refractivity contribution in [1.82, 2.24) is 20.1 Å². The van der Waals surface area contributed by atoms with Crippen molar-refractivity contribution in [3.63, 3.8) is 0 Å². The van der Waals surface area contributed by atoms with Crippen LogP contribution in [0.25, 0.3) is 0 Å². The minimum atomic E-state index is 0.550. The largest absolute Gasteiger partial charge is 0.355 e. The molecule has 1 aromatic heterocycles. The summed E-state index contributed by atoms with van der Waals surface area (Å²) in [5, 5.41) is 3.60. The van der Waals surface area contributed by atoms with Crippen LogP contribution in [0.1, 0.15) is 26.7 Å². The third-order valence-electron chi connectivity index (χ3n) is 5.76. The first-order valence-corrected chi connectivity index (χ1v) is 10.0. The molecule has 26 heavy (non-hydrogen) atoms. The highest BCUT2D eigenvalue weighted by atomic mass is 15.4. The highest BCUT2D eigenvalue weighted by Crippen LogP contribution is 2.18. The third-order valence-corrected chi connectivity index (χ3v) is 5.76. The molecule has 3 rings (SSSR count). The first-order chi connectivity index (χ1) is 12.7. The fraction of sp³-hybridized carbons (Fsp3) is 0.700. The molecule has 1 N–H and O–H groups in total. The minimum absolute atomic E-state index is 0.550. The van der Waals surface area contributed by atoms with Crippen LogP contribution in [0.5, 0.6) is 0 Å². The molecule has 0 aromatic carbocycles. The number of piperazine rings is 1. The van der Waals surface area contributed by atoms with Crippen molar-refractivity contribution in [2.24, 2.45) is 10.9 Å². The molecule has 0 bridgehead atoms. The van der Waals surface area contributed by atoms with E-state index in [0.717, 1.165) is 50.4 Å². The molecule has 0 saturated carbocycles. The predicted octanol–water partition coefficient (Wildman–Crippen LogP) is 1.90. The van der Waals surface area contributed by atoms with Crippen LogP contribution in [-0.4, -0.2) is 79.6 Å². The van der Waals surface area contributed by atoms with Crippen molar-refractivity contribution >= 4 is 11.8 Å². The van der Waals surface area contributed by atoms with E-state index in [1.807, 2.05) is 19.3 Å². The number of nitrogens with zero attached hydrogens (tertiary/aromatic N) is 5. The van der Waals surface area contributed by atoms with Gasteiger partial charge in [0.05, 0.1) is 0 Å². The lowest BCUT2D eigenvalue weighted by molar-refractivity contribution is 0.147. The van der Waals surface area contributed by atoms with Gasteiger partial charge in [0.15, 0.2) is 5.96 Å². The number of nitrogens with one attached hydrogen (secondary N) is 1. The lowest BCUT2D eigenvalue weighted by Crippen LogP contribution is -2.54.